The molecule has 4 nitrogen and oxygen atoms in total. The molecule has 1 aromatic carbocycles. The minimum Gasteiger partial charge on any atom is -0.387 e. The van der Waals surface area contributed by atoms with Gasteiger partial charge in [0, 0.05) is 31.2 Å². The number of β-amino-alcohol motifs (C(OH)–C–C–N with tert-alkyl or cyclic N) is 1. The average Bonchev–Trinajstić information content (AvgIpc) is 2.39. The molecule has 0 atom stereocenters. The summed E-state index contributed by atoms with van der Waals surface area (Å²) in [5.41, 5.74) is 0.469. The Morgan fingerprint density at radius 3 is 2.62 bits per heavy atom. The minimum atomic E-state index is -0.624. The lowest BCUT2D eigenvalue weighted by Crippen LogP contribution is -2.65. The molecule has 0 bridgehead atoms. The van der Waals surface area contributed by atoms with Gasteiger partial charge in [-0.15, -0.1) is 0 Å². The summed E-state index contributed by atoms with van der Waals surface area (Å²) in [4.78, 5) is 16.0. The fourth-order valence-corrected chi connectivity index (χ4v) is 2.90. The molecular weight excluding hydrogens is 332 g/mol. The Morgan fingerprint density at radius 1 is 1.43 bits per heavy atom. The number of amides is 1. The van der Waals surface area contributed by atoms with Gasteiger partial charge in [0.25, 0.3) is 0 Å². The standard InChI is InChI=1S/C16H23BrN2O2/c1-12(2)16(21)10-19(11-16)9-15(20)18(3)8-13-6-4-5-7-14(13)17/h4-7,12,21H,8-11H2,1-3H3. The number of hydrogen-bond donors (Lipinski definition) is 1. The topological polar surface area (TPSA) is 43.8 Å². The van der Waals surface area contributed by atoms with Crippen molar-refractivity contribution >= 4 is 21.8 Å². The maximum Gasteiger partial charge on any atom is 0.236 e. The largest absolute Gasteiger partial charge is 0.387 e. The summed E-state index contributed by atoms with van der Waals surface area (Å²) in [6, 6.07) is 7.92. The number of nitrogens with zero attached hydrogens (tertiary/aromatic N) is 2. The second-order valence-corrected chi connectivity index (χ2v) is 7.10. The quantitative estimate of drug-likeness (QED) is 0.880. The van der Waals surface area contributed by atoms with Gasteiger partial charge in [-0.05, 0) is 17.5 Å². The van der Waals surface area contributed by atoms with E-state index < -0.39 is 5.60 Å². The zero-order valence-electron chi connectivity index (χ0n) is 12.8. The molecular formula is C16H23BrN2O2. The Kier molecular flexibility index (Phi) is 5.07. The van der Waals surface area contributed by atoms with Crippen LogP contribution in [0.5, 0.6) is 0 Å². The van der Waals surface area contributed by atoms with Gasteiger partial charge in [0.1, 0.15) is 0 Å². The summed E-state index contributed by atoms with van der Waals surface area (Å²) < 4.78 is 1.02. The predicted molar refractivity (Wildman–Crippen MR) is 86.8 cm³/mol. The molecule has 0 radical (unpaired) electrons. The van der Waals surface area contributed by atoms with Gasteiger partial charge in [-0.25, -0.2) is 0 Å². The van der Waals surface area contributed by atoms with Crippen molar-refractivity contribution in [2.24, 2.45) is 5.92 Å². The Bertz CT molecular complexity index is 513. The van der Waals surface area contributed by atoms with Crippen LogP contribution < -0.4 is 0 Å². The van der Waals surface area contributed by atoms with Gasteiger partial charge in [-0.3, -0.25) is 9.69 Å². The summed E-state index contributed by atoms with van der Waals surface area (Å²) >= 11 is 3.50. The van der Waals surface area contributed by atoms with E-state index in [-0.39, 0.29) is 11.8 Å². The van der Waals surface area contributed by atoms with E-state index in [9.17, 15) is 9.90 Å². The van der Waals surface area contributed by atoms with E-state index in [4.69, 9.17) is 0 Å². The van der Waals surface area contributed by atoms with Crippen LogP contribution in [-0.4, -0.2) is 53.1 Å². The van der Waals surface area contributed by atoms with E-state index >= 15 is 0 Å². The summed E-state index contributed by atoms with van der Waals surface area (Å²) in [5.74, 6) is 0.304. The molecule has 0 unspecified atom stereocenters. The number of halogens is 1. The molecule has 21 heavy (non-hydrogen) atoms. The first-order chi connectivity index (χ1) is 9.82. The molecule has 1 amide bonds. The lowest BCUT2D eigenvalue weighted by molar-refractivity contribution is -0.148. The van der Waals surface area contributed by atoms with Crippen LogP contribution in [0, 0.1) is 5.92 Å². The highest BCUT2D eigenvalue weighted by atomic mass is 79.9. The van der Waals surface area contributed by atoms with Crippen LogP contribution in [0.15, 0.2) is 28.7 Å². The summed E-state index contributed by atoms with van der Waals surface area (Å²) in [6.07, 6.45) is 0. The van der Waals surface area contributed by atoms with Crippen LogP contribution in [0.1, 0.15) is 19.4 Å². The minimum absolute atomic E-state index is 0.0801. The molecule has 0 saturated carbocycles. The van der Waals surface area contributed by atoms with Crippen LogP contribution in [0.25, 0.3) is 0 Å². The van der Waals surface area contributed by atoms with E-state index in [0.29, 0.717) is 26.2 Å². The first kappa shape index (κ1) is 16.5. The van der Waals surface area contributed by atoms with Crippen molar-refractivity contribution in [3.8, 4) is 0 Å². The number of likely N-dealkylation sites (tertiary alicyclic amines) is 1. The number of carbonyl (C=O) groups excluding carboxylic acids is 1. The molecule has 116 valence electrons. The molecule has 1 fully saturated rings. The number of aliphatic hydroxyl groups is 1. The number of benzene rings is 1. The Morgan fingerprint density at radius 2 is 2.05 bits per heavy atom. The van der Waals surface area contributed by atoms with Gasteiger partial charge in [0.15, 0.2) is 0 Å². The zero-order chi connectivity index (χ0) is 15.6. The van der Waals surface area contributed by atoms with Crippen molar-refractivity contribution in [2.45, 2.75) is 26.0 Å². The van der Waals surface area contributed by atoms with Crippen molar-refractivity contribution in [1.82, 2.24) is 9.80 Å². The van der Waals surface area contributed by atoms with E-state index in [0.717, 1.165) is 10.0 Å². The zero-order valence-corrected chi connectivity index (χ0v) is 14.4. The molecule has 1 saturated heterocycles. The normalized spacial score (nSPS) is 17.6. The maximum atomic E-state index is 12.2. The molecule has 0 spiro atoms. The lowest BCUT2D eigenvalue weighted by atomic mass is 9.83. The molecule has 1 heterocycles. The SMILES string of the molecule is CC(C)C1(O)CN(CC(=O)N(C)Cc2ccccc2Br)C1. The molecule has 1 aromatic rings. The van der Waals surface area contributed by atoms with Crippen molar-refractivity contribution in [3.63, 3.8) is 0 Å². The van der Waals surface area contributed by atoms with E-state index in [2.05, 4.69) is 15.9 Å². The first-order valence-electron chi connectivity index (χ1n) is 7.24. The van der Waals surface area contributed by atoms with Gasteiger partial charge in [0.2, 0.25) is 5.91 Å². The Labute approximate surface area is 134 Å². The number of hydrogen-bond acceptors (Lipinski definition) is 3. The number of rotatable bonds is 5. The third-order valence-electron chi connectivity index (χ3n) is 4.22. The maximum absolute atomic E-state index is 12.2. The van der Waals surface area contributed by atoms with E-state index in [1.54, 1.807) is 4.90 Å². The summed E-state index contributed by atoms with van der Waals surface area (Å²) in [7, 11) is 1.82. The molecule has 5 heteroatoms. The third kappa shape index (κ3) is 3.84. The second-order valence-electron chi connectivity index (χ2n) is 6.24. The fourth-order valence-electron chi connectivity index (χ4n) is 2.49. The van der Waals surface area contributed by atoms with Crippen molar-refractivity contribution in [2.75, 3.05) is 26.7 Å². The van der Waals surface area contributed by atoms with E-state index in [1.807, 2.05) is 50.1 Å². The van der Waals surface area contributed by atoms with Gasteiger partial charge in [0.05, 0.1) is 12.1 Å². The Hall–Kier alpha value is -0.910. The lowest BCUT2D eigenvalue weighted by Gasteiger charge is -2.49. The monoisotopic (exact) mass is 354 g/mol. The van der Waals surface area contributed by atoms with Gasteiger partial charge in [-0.1, -0.05) is 48.0 Å². The Balaban J connectivity index is 1.83. The molecule has 1 aliphatic heterocycles. The number of likely N-dealkylation sites (N-methyl/N-ethyl adjacent to an activating group) is 1. The van der Waals surface area contributed by atoms with Crippen LogP contribution in [-0.2, 0) is 11.3 Å². The molecule has 0 aromatic heterocycles. The average molecular weight is 355 g/mol. The van der Waals surface area contributed by atoms with Crippen molar-refractivity contribution in [3.05, 3.63) is 34.3 Å². The van der Waals surface area contributed by atoms with Crippen LogP contribution in [0.4, 0.5) is 0 Å². The highest BCUT2D eigenvalue weighted by Gasteiger charge is 2.44. The van der Waals surface area contributed by atoms with Crippen LogP contribution in [0.2, 0.25) is 0 Å². The van der Waals surface area contributed by atoms with Gasteiger partial charge in [-0.2, -0.15) is 0 Å². The highest BCUT2D eigenvalue weighted by Crippen LogP contribution is 2.28. The fraction of sp³-hybridized carbons (Fsp3) is 0.562. The van der Waals surface area contributed by atoms with Crippen molar-refractivity contribution in [1.29, 1.82) is 0 Å². The molecule has 0 aliphatic carbocycles. The number of carbonyl (C=O) groups is 1. The third-order valence-corrected chi connectivity index (χ3v) is 4.99. The van der Waals surface area contributed by atoms with E-state index in [1.165, 1.54) is 0 Å². The predicted octanol–water partition coefficient (Wildman–Crippen LogP) is 2.11. The van der Waals surface area contributed by atoms with Gasteiger partial charge >= 0.3 is 0 Å². The van der Waals surface area contributed by atoms with Crippen LogP contribution in [0.3, 0.4) is 0 Å². The summed E-state index contributed by atoms with van der Waals surface area (Å²) in [5, 5.41) is 10.2. The van der Waals surface area contributed by atoms with Crippen molar-refractivity contribution < 1.29 is 9.90 Å². The van der Waals surface area contributed by atoms with Gasteiger partial charge < -0.3 is 10.0 Å². The molecule has 1 aliphatic rings. The smallest absolute Gasteiger partial charge is 0.236 e. The van der Waals surface area contributed by atoms with Crippen LogP contribution >= 0.6 is 15.9 Å². The summed E-state index contributed by atoms with van der Waals surface area (Å²) in [6.45, 7) is 6.15. The second kappa shape index (κ2) is 6.46. The molecule has 2 rings (SSSR count). The highest BCUT2D eigenvalue weighted by molar-refractivity contribution is 9.10. The first-order valence-corrected chi connectivity index (χ1v) is 8.03. The molecule has 1 N–H and O–H groups in total.